The van der Waals surface area contributed by atoms with Crippen LogP contribution in [0, 0.1) is 0 Å². The summed E-state index contributed by atoms with van der Waals surface area (Å²) in [6.07, 6.45) is 0.572. The summed E-state index contributed by atoms with van der Waals surface area (Å²) in [6.45, 7) is 0.188. The molecule has 0 saturated carbocycles. The SMILES string of the molecule is O=C(Cc1ccc2ccc3cccc4ccc1c2c34)NCCCOP(=O)(O)O. The maximum absolute atomic E-state index is 12.3. The highest BCUT2D eigenvalue weighted by Crippen LogP contribution is 2.36. The summed E-state index contributed by atoms with van der Waals surface area (Å²) in [5, 5.41) is 9.75. The number of rotatable bonds is 7. The normalized spacial score (nSPS) is 12.2. The number of nitrogens with one attached hydrogen (secondary N) is 1. The Morgan fingerprint density at radius 1 is 0.929 bits per heavy atom. The molecular formula is C21H20NO5P. The lowest BCUT2D eigenvalue weighted by Crippen LogP contribution is -2.26. The first-order valence-electron chi connectivity index (χ1n) is 9.04. The van der Waals surface area contributed by atoms with Crippen molar-refractivity contribution in [2.24, 2.45) is 0 Å². The standard InChI is InChI=1S/C21H20NO5P/c23-19(22-11-2-12-27-28(24,25)26)13-17-8-7-16-6-5-14-3-1-4-15-9-10-18(17)21(16)20(14)15/h1,3-10H,2,11-13H2,(H,22,23)(H2,24,25,26). The average Bonchev–Trinajstić information content (AvgIpc) is 2.66. The molecule has 0 bridgehead atoms. The van der Waals surface area contributed by atoms with Crippen LogP contribution in [0.5, 0.6) is 0 Å². The molecule has 0 heterocycles. The average molecular weight is 397 g/mol. The zero-order valence-electron chi connectivity index (χ0n) is 15.1. The Kier molecular flexibility index (Phi) is 5.04. The Balaban J connectivity index is 1.53. The van der Waals surface area contributed by atoms with Crippen LogP contribution in [0.4, 0.5) is 0 Å². The third-order valence-electron chi connectivity index (χ3n) is 4.87. The van der Waals surface area contributed by atoms with E-state index in [2.05, 4.69) is 46.2 Å². The van der Waals surface area contributed by atoms with Crippen LogP contribution in [0.25, 0.3) is 32.3 Å². The molecule has 0 unspecified atom stereocenters. The van der Waals surface area contributed by atoms with Gasteiger partial charge in [0.2, 0.25) is 5.91 Å². The molecule has 3 N–H and O–H groups in total. The highest BCUT2D eigenvalue weighted by molar-refractivity contribution is 7.46. The van der Waals surface area contributed by atoms with Crippen molar-refractivity contribution < 1.29 is 23.7 Å². The number of carbonyl (C=O) groups excluding carboxylic acids is 1. The van der Waals surface area contributed by atoms with Gasteiger partial charge in [0, 0.05) is 6.54 Å². The van der Waals surface area contributed by atoms with Crippen molar-refractivity contribution in [1.82, 2.24) is 5.32 Å². The highest BCUT2D eigenvalue weighted by atomic mass is 31.2. The summed E-state index contributed by atoms with van der Waals surface area (Å²) in [4.78, 5) is 29.6. The van der Waals surface area contributed by atoms with Crippen LogP contribution >= 0.6 is 7.82 Å². The molecule has 0 atom stereocenters. The molecular weight excluding hydrogens is 377 g/mol. The van der Waals surface area contributed by atoms with Gasteiger partial charge in [0.05, 0.1) is 13.0 Å². The summed E-state index contributed by atoms with van der Waals surface area (Å²) >= 11 is 0. The van der Waals surface area contributed by atoms with E-state index in [0.29, 0.717) is 13.0 Å². The topological polar surface area (TPSA) is 95.9 Å². The van der Waals surface area contributed by atoms with Gasteiger partial charge >= 0.3 is 7.82 Å². The molecule has 4 rings (SSSR count). The minimum Gasteiger partial charge on any atom is -0.356 e. The van der Waals surface area contributed by atoms with E-state index >= 15 is 0 Å². The molecule has 28 heavy (non-hydrogen) atoms. The van der Waals surface area contributed by atoms with E-state index in [1.807, 2.05) is 18.2 Å². The monoisotopic (exact) mass is 397 g/mol. The molecule has 144 valence electrons. The molecule has 7 heteroatoms. The van der Waals surface area contributed by atoms with E-state index in [1.54, 1.807) is 0 Å². The van der Waals surface area contributed by atoms with Crippen LogP contribution in [0.15, 0.2) is 54.6 Å². The summed E-state index contributed by atoms with van der Waals surface area (Å²) in [6, 6.07) is 18.7. The fraction of sp³-hybridized carbons (Fsp3) is 0.190. The molecule has 4 aromatic carbocycles. The zero-order chi connectivity index (χ0) is 19.7. The molecule has 0 fully saturated rings. The first-order chi connectivity index (χ1) is 13.4. The van der Waals surface area contributed by atoms with Crippen LogP contribution in [0.3, 0.4) is 0 Å². The van der Waals surface area contributed by atoms with Gasteiger partial charge in [-0.2, -0.15) is 0 Å². The van der Waals surface area contributed by atoms with Gasteiger partial charge in [0.15, 0.2) is 0 Å². The van der Waals surface area contributed by atoms with Crippen molar-refractivity contribution in [3.8, 4) is 0 Å². The summed E-state index contributed by atoms with van der Waals surface area (Å²) in [5.41, 5.74) is 0.953. The maximum Gasteiger partial charge on any atom is 0.469 e. The van der Waals surface area contributed by atoms with E-state index in [4.69, 9.17) is 9.79 Å². The second-order valence-corrected chi connectivity index (χ2v) is 8.02. The van der Waals surface area contributed by atoms with Crippen molar-refractivity contribution in [3.63, 3.8) is 0 Å². The Labute approximate surface area is 161 Å². The van der Waals surface area contributed by atoms with Crippen LogP contribution in [-0.4, -0.2) is 28.8 Å². The van der Waals surface area contributed by atoms with E-state index in [1.165, 1.54) is 21.5 Å². The number of benzene rings is 4. The van der Waals surface area contributed by atoms with Crippen LogP contribution in [0.2, 0.25) is 0 Å². The van der Waals surface area contributed by atoms with Gasteiger partial charge in [-0.25, -0.2) is 4.57 Å². The van der Waals surface area contributed by atoms with Crippen molar-refractivity contribution in [2.75, 3.05) is 13.2 Å². The number of phosphoric acid groups is 1. The molecule has 0 aromatic heterocycles. The number of hydrogen-bond donors (Lipinski definition) is 3. The van der Waals surface area contributed by atoms with Gasteiger partial charge in [0.1, 0.15) is 0 Å². The van der Waals surface area contributed by atoms with Gasteiger partial charge < -0.3 is 15.1 Å². The van der Waals surface area contributed by atoms with Crippen LogP contribution in [-0.2, 0) is 20.3 Å². The lowest BCUT2D eigenvalue weighted by atomic mass is 9.91. The van der Waals surface area contributed by atoms with Crippen molar-refractivity contribution in [1.29, 1.82) is 0 Å². The minimum atomic E-state index is -4.45. The van der Waals surface area contributed by atoms with Crippen molar-refractivity contribution in [2.45, 2.75) is 12.8 Å². The van der Waals surface area contributed by atoms with E-state index < -0.39 is 7.82 Å². The minimum absolute atomic E-state index is 0.108. The second kappa shape index (κ2) is 7.49. The molecule has 0 radical (unpaired) electrons. The largest absolute Gasteiger partial charge is 0.469 e. The molecule has 0 aliphatic carbocycles. The third-order valence-corrected chi connectivity index (χ3v) is 5.39. The third kappa shape index (κ3) is 3.86. The second-order valence-electron chi connectivity index (χ2n) is 6.78. The molecule has 6 nitrogen and oxygen atoms in total. The van der Waals surface area contributed by atoms with Gasteiger partial charge in [-0.15, -0.1) is 0 Å². The highest BCUT2D eigenvalue weighted by Gasteiger charge is 2.14. The van der Waals surface area contributed by atoms with Crippen molar-refractivity contribution in [3.05, 3.63) is 60.2 Å². The van der Waals surface area contributed by atoms with Crippen molar-refractivity contribution >= 4 is 46.0 Å². The number of phosphoric ester groups is 1. The lowest BCUT2D eigenvalue weighted by Gasteiger charge is -2.14. The fourth-order valence-electron chi connectivity index (χ4n) is 3.67. The first-order valence-corrected chi connectivity index (χ1v) is 10.6. The molecule has 0 aliphatic heterocycles. The van der Waals surface area contributed by atoms with E-state index in [-0.39, 0.29) is 18.9 Å². The zero-order valence-corrected chi connectivity index (χ0v) is 16.0. The summed E-state index contributed by atoms with van der Waals surface area (Å²) in [7, 11) is -4.45. The Morgan fingerprint density at radius 3 is 2.29 bits per heavy atom. The number of hydrogen-bond acceptors (Lipinski definition) is 3. The predicted molar refractivity (Wildman–Crippen MR) is 109 cm³/mol. The molecule has 1 amide bonds. The number of carbonyl (C=O) groups is 1. The Bertz CT molecular complexity index is 1180. The lowest BCUT2D eigenvalue weighted by molar-refractivity contribution is -0.120. The van der Waals surface area contributed by atoms with Gasteiger partial charge in [-0.3, -0.25) is 9.32 Å². The maximum atomic E-state index is 12.3. The van der Waals surface area contributed by atoms with Crippen LogP contribution in [0.1, 0.15) is 12.0 Å². The molecule has 4 aromatic rings. The summed E-state index contributed by atoms with van der Waals surface area (Å²) < 4.78 is 15.0. The Hall–Kier alpha value is -2.50. The van der Waals surface area contributed by atoms with Gasteiger partial charge in [-0.1, -0.05) is 54.6 Å². The van der Waals surface area contributed by atoms with E-state index in [0.717, 1.165) is 16.3 Å². The molecule has 0 saturated heterocycles. The van der Waals surface area contributed by atoms with Gasteiger partial charge in [0.25, 0.3) is 0 Å². The van der Waals surface area contributed by atoms with Gasteiger partial charge in [-0.05, 0) is 44.3 Å². The molecule has 0 aliphatic rings. The predicted octanol–water partition coefficient (Wildman–Crippen LogP) is 3.74. The van der Waals surface area contributed by atoms with Crippen LogP contribution < -0.4 is 5.32 Å². The molecule has 0 spiro atoms. The first kappa shape index (κ1) is 18.8. The number of amides is 1. The Morgan fingerprint density at radius 2 is 1.57 bits per heavy atom. The fourth-order valence-corrected chi connectivity index (χ4v) is 4.04. The smallest absolute Gasteiger partial charge is 0.356 e. The summed E-state index contributed by atoms with van der Waals surface area (Å²) in [5.74, 6) is -0.133. The van der Waals surface area contributed by atoms with E-state index in [9.17, 15) is 9.36 Å². The quantitative estimate of drug-likeness (QED) is 0.251.